The van der Waals surface area contributed by atoms with E-state index in [0.29, 0.717) is 25.2 Å². The van der Waals surface area contributed by atoms with Gasteiger partial charge in [-0.3, -0.25) is 9.59 Å². The van der Waals surface area contributed by atoms with Crippen LogP contribution in [0.4, 0.5) is 4.39 Å². The SMILES string of the molecule is COc1cccc(CCNC(=O)[C@@H]2CC23CCN(C(=O)c2ccc(OC)c(F)c2)CC3)c1. The number of piperidine rings is 1. The first-order valence-corrected chi connectivity index (χ1v) is 11.0. The number of halogens is 1. The van der Waals surface area contributed by atoms with Gasteiger partial charge in [-0.1, -0.05) is 12.1 Å². The van der Waals surface area contributed by atoms with Crippen molar-refractivity contribution in [1.29, 1.82) is 0 Å². The molecule has 0 aromatic heterocycles. The van der Waals surface area contributed by atoms with E-state index in [1.54, 1.807) is 18.1 Å². The molecule has 1 aliphatic heterocycles. The lowest BCUT2D eigenvalue weighted by Crippen LogP contribution is -2.40. The molecule has 0 radical (unpaired) electrons. The van der Waals surface area contributed by atoms with Crippen LogP contribution in [0.15, 0.2) is 42.5 Å². The van der Waals surface area contributed by atoms with Crippen LogP contribution in [0.3, 0.4) is 0 Å². The Morgan fingerprint density at radius 2 is 1.91 bits per heavy atom. The minimum absolute atomic E-state index is 0.00197. The zero-order valence-corrected chi connectivity index (χ0v) is 18.5. The first kappa shape index (κ1) is 22.1. The van der Waals surface area contributed by atoms with E-state index in [0.717, 1.165) is 37.0 Å². The first-order valence-electron chi connectivity index (χ1n) is 11.0. The monoisotopic (exact) mass is 440 g/mol. The fourth-order valence-corrected chi connectivity index (χ4v) is 4.69. The van der Waals surface area contributed by atoms with Gasteiger partial charge in [0, 0.05) is 31.1 Å². The molecule has 1 spiro atoms. The number of carbonyl (C=O) groups is 2. The number of ether oxygens (including phenoxy) is 2. The average molecular weight is 441 g/mol. The second kappa shape index (κ2) is 9.18. The largest absolute Gasteiger partial charge is 0.497 e. The summed E-state index contributed by atoms with van der Waals surface area (Å²) in [5.74, 6) is 0.334. The maximum absolute atomic E-state index is 14.0. The number of benzene rings is 2. The van der Waals surface area contributed by atoms with E-state index < -0.39 is 5.82 Å². The molecular weight excluding hydrogens is 411 g/mol. The van der Waals surface area contributed by atoms with Gasteiger partial charge < -0.3 is 19.7 Å². The minimum atomic E-state index is -0.542. The van der Waals surface area contributed by atoms with Gasteiger partial charge in [-0.25, -0.2) is 4.39 Å². The van der Waals surface area contributed by atoms with E-state index in [2.05, 4.69) is 5.32 Å². The Balaban J connectivity index is 1.25. The summed E-state index contributed by atoms with van der Waals surface area (Å²) < 4.78 is 24.1. The highest BCUT2D eigenvalue weighted by Gasteiger charge is 2.58. The molecule has 1 saturated heterocycles. The molecule has 1 N–H and O–H groups in total. The van der Waals surface area contributed by atoms with E-state index in [9.17, 15) is 14.0 Å². The van der Waals surface area contributed by atoms with Gasteiger partial charge in [0.15, 0.2) is 11.6 Å². The summed E-state index contributed by atoms with van der Waals surface area (Å²) in [5.41, 5.74) is 1.45. The predicted octanol–water partition coefficient (Wildman–Crippen LogP) is 3.44. The fraction of sp³-hybridized carbons (Fsp3) is 0.440. The Labute approximate surface area is 187 Å². The highest BCUT2D eigenvalue weighted by atomic mass is 19.1. The molecule has 2 aromatic carbocycles. The molecule has 32 heavy (non-hydrogen) atoms. The number of carbonyl (C=O) groups excluding carboxylic acids is 2. The molecule has 7 heteroatoms. The fourth-order valence-electron chi connectivity index (χ4n) is 4.69. The van der Waals surface area contributed by atoms with Crippen molar-refractivity contribution in [3.63, 3.8) is 0 Å². The molecule has 170 valence electrons. The third-order valence-corrected chi connectivity index (χ3v) is 6.80. The van der Waals surface area contributed by atoms with Gasteiger partial charge in [-0.2, -0.15) is 0 Å². The van der Waals surface area contributed by atoms with Crippen molar-refractivity contribution in [2.45, 2.75) is 25.7 Å². The molecule has 2 fully saturated rings. The van der Waals surface area contributed by atoms with E-state index >= 15 is 0 Å². The Hall–Kier alpha value is -3.09. The van der Waals surface area contributed by atoms with Crippen molar-refractivity contribution in [3.05, 3.63) is 59.4 Å². The standard InChI is InChI=1S/C25H29FN2O4/c1-31-19-5-3-4-17(14-19)8-11-27-23(29)20-16-25(20)9-12-28(13-10-25)24(30)18-6-7-22(32-2)21(26)15-18/h3-7,14-15,20H,8-13,16H2,1-2H3,(H,27,29)/t20-/m0/s1. The Bertz CT molecular complexity index is 1000. The minimum Gasteiger partial charge on any atom is -0.497 e. The number of nitrogens with zero attached hydrogens (tertiary/aromatic N) is 1. The van der Waals surface area contributed by atoms with Gasteiger partial charge in [0.05, 0.1) is 14.2 Å². The highest BCUT2D eigenvalue weighted by molar-refractivity contribution is 5.94. The van der Waals surface area contributed by atoms with Crippen molar-refractivity contribution in [2.24, 2.45) is 11.3 Å². The van der Waals surface area contributed by atoms with E-state index in [-0.39, 0.29) is 28.9 Å². The molecule has 1 aliphatic carbocycles. The molecule has 2 aromatic rings. The van der Waals surface area contributed by atoms with Crippen molar-refractivity contribution < 1.29 is 23.5 Å². The number of amides is 2. The zero-order chi connectivity index (χ0) is 22.7. The number of hydrogen-bond donors (Lipinski definition) is 1. The summed E-state index contributed by atoms with van der Waals surface area (Å²) in [4.78, 5) is 27.2. The summed E-state index contributed by atoms with van der Waals surface area (Å²) >= 11 is 0. The van der Waals surface area contributed by atoms with E-state index in [1.807, 2.05) is 24.3 Å². The number of nitrogens with one attached hydrogen (secondary N) is 1. The van der Waals surface area contributed by atoms with Gasteiger partial charge in [-0.15, -0.1) is 0 Å². The molecule has 0 unspecified atom stereocenters. The van der Waals surface area contributed by atoms with Crippen LogP contribution < -0.4 is 14.8 Å². The lowest BCUT2D eigenvalue weighted by molar-refractivity contribution is -0.123. The Morgan fingerprint density at radius 1 is 1.12 bits per heavy atom. The lowest BCUT2D eigenvalue weighted by Gasteiger charge is -2.33. The van der Waals surface area contributed by atoms with Crippen LogP contribution in [-0.4, -0.2) is 50.6 Å². The summed E-state index contributed by atoms with van der Waals surface area (Å²) in [6.45, 7) is 1.76. The third kappa shape index (κ3) is 4.56. The summed E-state index contributed by atoms with van der Waals surface area (Å²) in [7, 11) is 3.03. The number of hydrogen-bond acceptors (Lipinski definition) is 4. The number of methoxy groups -OCH3 is 2. The predicted molar refractivity (Wildman–Crippen MR) is 118 cm³/mol. The highest BCUT2D eigenvalue weighted by Crippen LogP contribution is 2.59. The molecule has 0 bridgehead atoms. The maximum atomic E-state index is 14.0. The van der Waals surface area contributed by atoms with Gasteiger partial charge >= 0.3 is 0 Å². The third-order valence-electron chi connectivity index (χ3n) is 6.80. The van der Waals surface area contributed by atoms with Crippen LogP contribution in [0, 0.1) is 17.2 Å². The second-order valence-electron chi connectivity index (χ2n) is 8.65. The van der Waals surface area contributed by atoms with Crippen LogP contribution in [-0.2, 0) is 11.2 Å². The van der Waals surface area contributed by atoms with Crippen LogP contribution in [0.5, 0.6) is 11.5 Å². The average Bonchev–Trinajstić information content (AvgIpc) is 3.52. The summed E-state index contributed by atoms with van der Waals surface area (Å²) in [6, 6.07) is 12.1. The molecular formula is C25H29FN2O4. The summed E-state index contributed by atoms with van der Waals surface area (Å²) in [6.07, 6.45) is 3.22. The molecule has 2 aliphatic rings. The quantitative estimate of drug-likeness (QED) is 0.716. The van der Waals surface area contributed by atoms with Crippen LogP contribution in [0.25, 0.3) is 0 Å². The number of rotatable bonds is 7. The maximum Gasteiger partial charge on any atom is 0.253 e. The normalized spacial score (nSPS) is 18.8. The molecule has 1 saturated carbocycles. The topological polar surface area (TPSA) is 67.9 Å². The van der Waals surface area contributed by atoms with Gasteiger partial charge in [-0.05, 0) is 67.0 Å². The smallest absolute Gasteiger partial charge is 0.253 e. The zero-order valence-electron chi connectivity index (χ0n) is 18.5. The first-order chi connectivity index (χ1) is 15.5. The lowest BCUT2D eigenvalue weighted by atomic mass is 9.90. The van der Waals surface area contributed by atoms with E-state index in [1.165, 1.54) is 19.2 Å². The molecule has 6 nitrogen and oxygen atoms in total. The van der Waals surface area contributed by atoms with Crippen LogP contribution >= 0.6 is 0 Å². The van der Waals surface area contributed by atoms with Crippen molar-refractivity contribution in [3.8, 4) is 11.5 Å². The van der Waals surface area contributed by atoms with Crippen molar-refractivity contribution in [1.82, 2.24) is 10.2 Å². The Kier molecular flexibility index (Phi) is 6.35. The van der Waals surface area contributed by atoms with Crippen LogP contribution in [0.1, 0.15) is 35.2 Å². The summed E-state index contributed by atoms with van der Waals surface area (Å²) in [5, 5.41) is 3.07. The van der Waals surface area contributed by atoms with Gasteiger partial charge in [0.25, 0.3) is 5.91 Å². The Morgan fingerprint density at radius 3 is 2.59 bits per heavy atom. The molecule has 1 heterocycles. The van der Waals surface area contributed by atoms with Crippen molar-refractivity contribution >= 4 is 11.8 Å². The second-order valence-corrected chi connectivity index (χ2v) is 8.65. The van der Waals surface area contributed by atoms with E-state index in [4.69, 9.17) is 9.47 Å². The number of likely N-dealkylation sites (tertiary alicyclic amines) is 1. The van der Waals surface area contributed by atoms with Crippen molar-refractivity contribution in [2.75, 3.05) is 33.9 Å². The van der Waals surface area contributed by atoms with Gasteiger partial charge in [0.2, 0.25) is 5.91 Å². The van der Waals surface area contributed by atoms with Crippen LogP contribution in [0.2, 0.25) is 0 Å². The molecule has 4 rings (SSSR count). The molecule has 2 amide bonds. The van der Waals surface area contributed by atoms with Gasteiger partial charge in [0.1, 0.15) is 5.75 Å². The molecule has 1 atom stereocenters.